The monoisotopic (exact) mass is 402 g/mol. The molecule has 0 bridgehead atoms. The Hall–Kier alpha value is -2.21. The summed E-state index contributed by atoms with van der Waals surface area (Å²) in [7, 11) is 1.33. The van der Waals surface area contributed by atoms with E-state index in [2.05, 4.69) is 0 Å². The van der Waals surface area contributed by atoms with Crippen molar-refractivity contribution in [2.45, 2.75) is 19.1 Å². The molecule has 1 aliphatic rings. The van der Waals surface area contributed by atoms with Gasteiger partial charge in [0.1, 0.15) is 0 Å². The molecule has 2 atom stereocenters. The van der Waals surface area contributed by atoms with Crippen LogP contribution in [0.4, 0.5) is 0 Å². The first kappa shape index (κ1) is 20.5. The Labute approximate surface area is 169 Å². The highest BCUT2D eigenvalue weighted by atomic mass is 35.5. The number of ketones is 1. The van der Waals surface area contributed by atoms with Crippen LogP contribution in [0.25, 0.3) is 0 Å². The van der Waals surface area contributed by atoms with Crippen molar-refractivity contribution in [2.24, 2.45) is 11.8 Å². The standard InChI is InChI=1S/C22H23ClO5/c1-26-21(25)18(14-20(24)16-7-9-17(23)10-8-16)19(22-27-11-12-28-22)13-15-5-3-2-4-6-15/h2-10,18-19,22H,11-14H2,1H3/t18-,19+/m0/s1. The molecular weight excluding hydrogens is 380 g/mol. The van der Waals surface area contributed by atoms with Gasteiger partial charge in [-0.15, -0.1) is 0 Å². The molecule has 0 N–H and O–H groups in total. The zero-order chi connectivity index (χ0) is 19.9. The minimum absolute atomic E-state index is 0.00895. The van der Waals surface area contributed by atoms with Gasteiger partial charge in [0.25, 0.3) is 0 Å². The Morgan fingerprint density at radius 2 is 1.71 bits per heavy atom. The zero-order valence-corrected chi connectivity index (χ0v) is 16.4. The fraction of sp³-hybridized carbons (Fsp3) is 0.364. The van der Waals surface area contributed by atoms with Gasteiger partial charge in [-0.25, -0.2) is 0 Å². The molecule has 1 aliphatic heterocycles. The molecule has 0 saturated carbocycles. The van der Waals surface area contributed by atoms with E-state index < -0.39 is 18.2 Å². The van der Waals surface area contributed by atoms with Crippen LogP contribution in [0.15, 0.2) is 54.6 Å². The topological polar surface area (TPSA) is 61.8 Å². The average molecular weight is 403 g/mol. The molecule has 148 valence electrons. The van der Waals surface area contributed by atoms with Crippen molar-refractivity contribution in [3.8, 4) is 0 Å². The molecule has 0 radical (unpaired) electrons. The van der Waals surface area contributed by atoms with Crippen molar-refractivity contribution in [1.82, 2.24) is 0 Å². The molecule has 5 nitrogen and oxygen atoms in total. The van der Waals surface area contributed by atoms with Crippen molar-refractivity contribution in [3.05, 3.63) is 70.7 Å². The molecule has 0 spiro atoms. The summed E-state index contributed by atoms with van der Waals surface area (Å²) in [6.07, 6.45) is -0.00361. The normalized spacial score (nSPS) is 16.5. The molecule has 2 aromatic carbocycles. The molecule has 0 unspecified atom stereocenters. The largest absolute Gasteiger partial charge is 0.469 e. The third-order valence-corrected chi connectivity index (χ3v) is 5.16. The van der Waals surface area contributed by atoms with Gasteiger partial charge >= 0.3 is 5.97 Å². The van der Waals surface area contributed by atoms with Crippen LogP contribution < -0.4 is 0 Å². The predicted molar refractivity (Wildman–Crippen MR) is 105 cm³/mol. The first-order valence-corrected chi connectivity index (χ1v) is 9.60. The molecule has 3 rings (SSSR count). The first-order chi connectivity index (χ1) is 13.6. The Balaban J connectivity index is 1.85. The molecule has 0 amide bonds. The van der Waals surface area contributed by atoms with E-state index in [4.69, 9.17) is 25.8 Å². The smallest absolute Gasteiger partial charge is 0.309 e. The van der Waals surface area contributed by atoms with Gasteiger partial charge in [-0.1, -0.05) is 41.9 Å². The number of halogens is 1. The highest BCUT2D eigenvalue weighted by molar-refractivity contribution is 6.30. The summed E-state index contributed by atoms with van der Waals surface area (Å²) in [5, 5.41) is 0.552. The van der Waals surface area contributed by atoms with Crippen LogP contribution in [0, 0.1) is 11.8 Å². The minimum atomic E-state index is -0.684. The van der Waals surface area contributed by atoms with Gasteiger partial charge in [0.05, 0.1) is 26.2 Å². The van der Waals surface area contributed by atoms with Crippen molar-refractivity contribution in [3.63, 3.8) is 0 Å². The number of Topliss-reactive ketones (excluding diaryl/α,β-unsaturated/α-hetero) is 1. The molecular formula is C22H23ClO5. The number of benzene rings is 2. The minimum Gasteiger partial charge on any atom is -0.469 e. The highest BCUT2D eigenvalue weighted by Gasteiger charge is 2.39. The summed E-state index contributed by atoms with van der Waals surface area (Å²) in [5.41, 5.74) is 1.55. The predicted octanol–water partition coefficient (Wildman–Crippen LogP) is 3.93. The number of rotatable bonds is 8. The van der Waals surface area contributed by atoms with Crippen molar-refractivity contribution >= 4 is 23.4 Å². The van der Waals surface area contributed by atoms with E-state index in [9.17, 15) is 9.59 Å². The summed E-state index contributed by atoms with van der Waals surface area (Å²) < 4.78 is 16.4. The zero-order valence-electron chi connectivity index (χ0n) is 15.7. The van der Waals surface area contributed by atoms with Gasteiger partial charge in [0.2, 0.25) is 0 Å². The van der Waals surface area contributed by atoms with Crippen LogP contribution >= 0.6 is 11.6 Å². The highest BCUT2D eigenvalue weighted by Crippen LogP contribution is 2.31. The number of carbonyl (C=O) groups excluding carboxylic acids is 2. The second-order valence-corrected chi connectivity index (χ2v) is 7.16. The fourth-order valence-corrected chi connectivity index (χ4v) is 3.58. The van der Waals surface area contributed by atoms with Crippen LogP contribution in [0.3, 0.4) is 0 Å². The maximum Gasteiger partial charge on any atom is 0.309 e. The van der Waals surface area contributed by atoms with E-state index in [1.165, 1.54) is 7.11 Å². The van der Waals surface area contributed by atoms with E-state index in [-0.39, 0.29) is 18.1 Å². The summed E-state index contributed by atoms with van der Waals surface area (Å²) >= 11 is 5.90. The van der Waals surface area contributed by atoms with Crippen molar-refractivity contribution < 1.29 is 23.8 Å². The third-order valence-electron chi connectivity index (χ3n) is 4.90. The Morgan fingerprint density at radius 3 is 2.32 bits per heavy atom. The summed E-state index contributed by atoms with van der Waals surface area (Å²) in [6, 6.07) is 16.4. The van der Waals surface area contributed by atoms with E-state index in [1.807, 2.05) is 30.3 Å². The Bertz CT molecular complexity index is 784. The van der Waals surface area contributed by atoms with E-state index in [0.29, 0.717) is 30.2 Å². The second kappa shape index (κ2) is 9.82. The number of ether oxygens (including phenoxy) is 3. The van der Waals surface area contributed by atoms with E-state index in [0.717, 1.165) is 5.56 Å². The quantitative estimate of drug-likeness (QED) is 0.494. The third kappa shape index (κ3) is 5.19. The van der Waals surface area contributed by atoms with Crippen molar-refractivity contribution in [1.29, 1.82) is 0 Å². The molecule has 0 aromatic heterocycles. The summed E-state index contributed by atoms with van der Waals surface area (Å²) in [5.74, 6) is -1.62. The Morgan fingerprint density at radius 1 is 1.07 bits per heavy atom. The first-order valence-electron chi connectivity index (χ1n) is 9.22. The number of methoxy groups -OCH3 is 1. The van der Waals surface area contributed by atoms with E-state index >= 15 is 0 Å². The van der Waals surface area contributed by atoms with Crippen LogP contribution in [0.2, 0.25) is 5.02 Å². The molecule has 1 heterocycles. The second-order valence-electron chi connectivity index (χ2n) is 6.73. The lowest BCUT2D eigenvalue weighted by molar-refractivity contribution is -0.156. The van der Waals surface area contributed by atoms with Crippen LogP contribution in [-0.4, -0.2) is 38.4 Å². The van der Waals surface area contributed by atoms with Gasteiger partial charge in [0.15, 0.2) is 12.1 Å². The lowest BCUT2D eigenvalue weighted by Gasteiger charge is -2.28. The van der Waals surface area contributed by atoms with Crippen LogP contribution in [0.5, 0.6) is 0 Å². The lowest BCUT2D eigenvalue weighted by atomic mass is 9.82. The number of esters is 1. The SMILES string of the molecule is COC(=O)[C@@H](CC(=O)c1ccc(Cl)cc1)[C@@H](Cc1ccccc1)C1OCCO1. The molecule has 28 heavy (non-hydrogen) atoms. The number of carbonyl (C=O) groups is 2. The summed E-state index contributed by atoms with van der Waals surface area (Å²) in [4.78, 5) is 25.4. The molecule has 1 saturated heterocycles. The average Bonchev–Trinajstić information content (AvgIpc) is 3.25. The number of hydrogen-bond donors (Lipinski definition) is 0. The maximum absolute atomic E-state index is 12.8. The molecule has 0 aliphatic carbocycles. The van der Waals surface area contributed by atoms with Crippen molar-refractivity contribution in [2.75, 3.05) is 20.3 Å². The van der Waals surface area contributed by atoms with Crippen LogP contribution in [0.1, 0.15) is 22.3 Å². The molecule has 1 fully saturated rings. The number of hydrogen-bond acceptors (Lipinski definition) is 5. The van der Waals surface area contributed by atoms with Crippen LogP contribution in [-0.2, 0) is 25.4 Å². The van der Waals surface area contributed by atoms with Gasteiger partial charge in [0, 0.05) is 22.9 Å². The molecule has 2 aromatic rings. The Kier molecular flexibility index (Phi) is 7.20. The fourth-order valence-electron chi connectivity index (χ4n) is 3.45. The van der Waals surface area contributed by atoms with Gasteiger partial charge < -0.3 is 14.2 Å². The van der Waals surface area contributed by atoms with E-state index in [1.54, 1.807) is 24.3 Å². The van der Waals surface area contributed by atoms with Gasteiger partial charge in [-0.05, 0) is 36.2 Å². The van der Waals surface area contributed by atoms with Gasteiger partial charge in [-0.2, -0.15) is 0 Å². The van der Waals surface area contributed by atoms with Gasteiger partial charge in [-0.3, -0.25) is 9.59 Å². The lowest BCUT2D eigenvalue weighted by Crippen LogP contribution is -2.37. The maximum atomic E-state index is 12.8. The molecule has 6 heteroatoms. The summed E-state index contributed by atoms with van der Waals surface area (Å²) in [6.45, 7) is 0.934.